The van der Waals surface area contributed by atoms with Crippen molar-refractivity contribution in [2.24, 2.45) is 5.73 Å². The van der Waals surface area contributed by atoms with E-state index in [9.17, 15) is 0 Å². The third kappa shape index (κ3) is 4.60. The van der Waals surface area contributed by atoms with Gasteiger partial charge in [0.2, 0.25) is 0 Å². The standard InChI is InChI=1S/C10H23NO2/c1-4-10(5-2,8-11)13-7-6-9(3)12/h9,12H,4-8,11H2,1-3H3. The lowest BCUT2D eigenvalue weighted by atomic mass is 9.97. The molecule has 1 atom stereocenters. The van der Waals surface area contributed by atoms with Gasteiger partial charge in [-0.3, -0.25) is 0 Å². The zero-order valence-electron chi connectivity index (χ0n) is 9.05. The van der Waals surface area contributed by atoms with Crippen molar-refractivity contribution in [3.63, 3.8) is 0 Å². The van der Waals surface area contributed by atoms with Gasteiger partial charge in [0.1, 0.15) is 0 Å². The first-order chi connectivity index (χ1) is 6.10. The number of hydrogen-bond donors (Lipinski definition) is 2. The maximum Gasteiger partial charge on any atom is 0.0798 e. The smallest absolute Gasteiger partial charge is 0.0798 e. The Morgan fingerprint density at radius 3 is 2.23 bits per heavy atom. The fourth-order valence-electron chi connectivity index (χ4n) is 1.25. The van der Waals surface area contributed by atoms with Crippen LogP contribution in [0.4, 0.5) is 0 Å². The number of hydrogen-bond acceptors (Lipinski definition) is 3. The highest BCUT2D eigenvalue weighted by Gasteiger charge is 2.24. The molecule has 0 saturated carbocycles. The van der Waals surface area contributed by atoms with Gasteiger partial charge in [-0.05, 0) is 26.2 Å². The van der Waals surface area contributed by atoms with Crippen LogP contribution in [0.2, 0.25) is 0 Å². The normalized spacial score (nSPS) is 14.5. The highest BCUT2D eigenvalue weighted by molar-refractivity contribution is 4.78. The van der Waals surface area contributed by atoms with E-state index in [0.29, 0.717) is 19.6 Å². The Balaban J connectivity index is 3.81. The van der Waals surface area contributed by atoms with Crippen molar-refractivity contribution in [2.75, 3.05) is 13.2 Å². The van der Waals surface area contributed by atoms with Gasteiger partial charge in [0.05, 0.1) is 11.7 Å². The van der Waals surface area contributed by atoms with Crippen LogP contribution in [-0.4, -0.2) is 30.0 Å². The van der Waals surface area contributed by atoms with Gasteiger partial charge in [-0.15, -0.1) is 0 Å². The molecule has 80 valence electrons. The number of ether oxygens (including phenoxy) is 1. The lowest BCUT2D eigenvalue weighted by molar-refractivity contribution is -0.0536. The van der Waals surface area contributed by atoms with Crippen molar-refractivity contribution in [1.29, 1.82) is 0 Å². The summed E-state index contributed by atoms with van der Waals surface area (Å²) in [5.74, 6) is 0. The van der Waals surface area contributed by atoms with E-state index in [1.807, 2.05) is 0 Å². The van der Waals surface area contributed by atoms with Gasteiger partial charge in [-0.25, -0.2) is 0 Å². The zero-order valence-corrected chi connectivity index (χ0v) is 9.05. The molecule has 3 nitrogen and oxygen atoms in total. The lowest BCUT2D eigenvalue weighted by Gasteiger charge is -2.30. The Kier molecular flexibility index (Phi) is 6.29. The Bertz CT molecular complexity index is 114. The molecule has 0 rings (SSSR count). The van der Waals surface area contributed by atoms with E-state index in [1.165, 1.54) is 0 Å². The number of nitrogens with two attached hydrogens (primary N) is 1. The van der Waals surface area contributed by atoms with Crippen LogP contribution >= 0.6 is 0 Å². The summed E-state index contributed by atoms with van der Waals surface area (Å²) in [5.41, 5.74) is 5.49. The molecular weight excluding hydrogens is 166 g/mol. The van der Waals surface area contributed by atoms with Crippen molar-refractivity contribution in [3.8, 4) is 0 Å². The molecule has 3 N–H and O–H groups in total. The molecule has 0 saturated heterocycles. The molecule has 0 aromatic heterocycles. The Morgan fingerprint density at radius 1 is 1.38 bits per heavy atom. The van der Waals surface area contributed by atoms with E-state index in [4.69, 9.17) is 15.6 Å². The molecule has 0 aliphatic carbocycles. The van der Waals surface area contributed by atoms with Crippen molar-refractivity contribution in [2.45, 2.75) is 51.7 Å². The van der Waals surface area contributed by atoms with E-state index in [0.717, 1.165) is 12.8 Å². The third-order valence-corrected chi connectivity index (χ3v) is 2.60. The van der Waals surface area contributed by atoms with Crippen LogP contribution in [0, 0.1) is 0 Å². The average molecular weight is 189 g/mol. The van der Waals surface area contributed by atoms with Crippen molar-refractivity contribution in [3.05, 3.63) is 0 Å². The summed E-state index contributed by atoms with van der Waals surface area (Å²) in [5, 5.41) is 9.06. The van der Waals surface area contributed by atoms with Gasteiger partial charge in [-0.2, -0.15) is 0 Å². The highest BCUT2D eigenvalue weighted by Crippen LogP contribution is 2.19. The van der Waals surface area contributed by atoms with E-state index in [2.05, 4.69) is 13.8 Å². The fourth-order valence-corrected chi connectivity index (χ4v) is 1.25. The highest BCUT2D eigenvalue weighted by atomic mass is 16.5. The van der Waals surface area contributed by atoms with E-state index in [1.54, 1.807) is 6.92 Å². The first-order valence-electron chi connectivity index (χ1n) is 5.12. The minimum atomic E-state index is -0.288. The van der Waals surface area contributed by atoms with E-state index >= 15 is 0 Å². The van der Waals surface area contributed by atoms with Crippen LogP contribution < -0.4 is 5.73 Å². The topological polar surface area (TPSA) is 55.5 Å². The van der Waals surface area contributed by atoms with Gasteiger partial charge < -0.3 is 15.6 Å². The summed E-state index contributed by atoms with van der Waals surface area (Å²) in [7, 11) is 0. The summed E-state index contributed by atoms with van der Waals surface area (Å²) >= 11 is 0. The summed E-state index contributed by atoms with van der Waals surface area (Å²) in [4.78, 5) is 0. The first kappa shape index (κ1) is 12.9. The summed E-state index contributed by atoms with van der Waals surface area (Å²) in [6.45, 7) is 7.08. The van der Waals surface area contributed by atoms with Crippen molar-refractivity contribution < 1.29 is 9.84 Å². The van der Waals surface area contributed by atoms with Gasteiger partial charge in [0.15, 0.2) is 0 Å². The molecule has 0 fully saturated rings. The maximum atomic E-state index is 9.06. The molecule has 0 aliphatic rings. The molecule has 13 heavy (non-hydrogen) atoms. The molecule has 0 aliphatic heterocycles. The van der Waals surface area contributed by atoms with Crippen LogP contribution in [0.3, 0.4) is 0 Å². The fraction of sp³-hybridized carbons (Fsp3) is 1.00. The second kappa shape index (κ2) is 6.35. The van der Waals surface area contributed by atoms with Crippen molar-refractivity contribution in [1.82, 2.24) is 0 Å². The van der Waals surface area contributed by atoms with Gasteiger partial charge in [-0.1, -0.05) is 13.8 Å². The molecule has 0 bridgehead atoms. The molecule has 0 heterocycles. The van der Waals surface area contributed by atoms with Crippen LogP contribution in [0.15, 0.2) is 0 Å². The number of aliphatic hydroxyl groups is 1. The van der Waals surface area contributed by atoms with Gasteiger partial charge in [0, 0.05) is 13.2 Å². The molecule has 1 unspecified atom stereocenters. The van der Waals surface area contributed by atoms with Gasteiger partial charge >= 0.3 is 0 Å². The first-order valence-corrected chi connectivity index (χ1v) is 5.12. The zero-order chi connectivity index (χ0) is 10.3. The molecule has 0 aromatic rings. The molecule has 0 radical (unpaired) electrons. The predicted octanol–water partition coefficient (Wildman–Crippen LogP) is 1.29. The van der Waals surface area contributed by atoms with Crippen LogP contribution in [0.1, 0.15) is 40.0 Å². The molecule has 0 spiro atoms. The average Bonchev–Trinajstić information content (AvgIpc) is 2.13. The molecule has 0 amide bonds. The second-order valence-electron chi connectivity index (χ2n) is 3.58. The predicted molar refractivity (Wildman–Crippen MR) is 54.6 cm³/mol. The summed E-state index contributed by atoms with van der Waals surface area (Å²) in [6.07, 6.45) is 2.26. The SMILES string of the molecule is CCC(CC)(CN)OCCC(C)O. The molecule has 3 heteroatoms. The number of rotatable bonds is 7. The van der Waals surface area contributed by atoms with Crippen LogP contribution in [-0.2, 0) is 4.74 Å². The molecular formula is C10H23NO2. The molecule has 0 aromatic carbocycles. The largest absolute Gasteiger partial charge is 0.393 e. The summed E-state index contributed by atoms with van der Waals surface area (Å²) in [6, 6.07) is 0. The lowest BCUT2D eigenvalue weighted by Crippen LogP contribution is -2.40. The minimum Gasteiger partial charge on any atom is -0.393 e. The minimum absolute atomic E-state index is 0.172. The Hall–Kier alpha value is -0.120. The Morgan fingerprint density at radius 2 is 1.92 bits per heavy atom. The van der Waals surface area contributed by atoms with Gasteiger partial charge in [0.25, 0.3) is 0 Å². The van der Waals surface area contributed by atoms with Crippen LogP contribution in [0.25, 0.3) is 0 Å². The van der Waals surface area contributed by atoms with Crippen molar-refractivity contribution >= 4 is 0 Å². The number of aliphatic hydroxyl groups excluding tert-OH is 1. The van der Waals surface area contributed by atoms with Crippen LogP contribution in [0.5, 0.6) is 0 Å². The van der Waals surface area contributed by atoms with E-state index in [-0.39, 0.29) is 11.7 Å². The van der Waals surface area contributed by atoms with E-state index < -0.39 is 0 Å². The maximum absolute atomic E-state index is 9.06. The second-order valence-corrected chi connectivity index (χ2v) is 3.58. The Labute approximate surface area is 81.3 Å². The monoisotopic (exact) mass is 189 g/mol. The summed E-state index contributed by atoms with van der Waals surface area (Å²) < 4.78 is 5.70. The third-order valence-electron chi connectivity index (χ3n) is 2.60. The quantitative estimate of drug-likeness (QED) is 0.634.